The summed E-state index contributed by atoms with van der Waals surface area (Å²) in [7, 11) is 0. The van der Waals surface area contributed by atoms with E-state index in [4.69, 9.17) is 5.73 Å². The molecule has 0 amide bonds. The van der Waals surface area contributed by atoms with E-state index < -0.39 is 0 Å². The first-order chi connectivity index (χ1) is 30.1. The largest absolute Gasteiger partial charge is 0.367 e. The Balaban J connectivity index is 1.11. The van der Waals surface area contributed by atoms with Crippen molar-refractivity contribution in [3.8, 4) is 16.8 Å². The SMILES string of the molecule is CC12C=CC=CC1=c1c(c3ccccc3c3c1c1ccccc1n3-c1ccccc1)=C1c3ccccc3N(CN/C(=C3/C=CC=CC3N)c3ccc(-c4ccccc4)cc3)C12. The predicted molar refractivity (Wildman–Crippen MR) is 256 cm³/mol. The minimum Gasteiger partial charge on any atom is -0.367 e. The molecule has 0 spiro atoms. The molecule has 3 aliphatic carbocycles. The molecule has 4 nitrogen and oxygen atoms in total. The van der Waals surface area contributed by atoms with Crippen molar-refractivity contribution < 1.29 is 0 Å². The number of allylic oxidation sites excluding steroid dienone is 5. The lowest BCUT2D eigenvalue weighted by Gasteiger charge is -2.45. The molecule has 1 aliphatic heterocycles. The summed E-state index contributed by atoms with van der Waals surface area (Å²) in [5, 5.41) is 11.8. The van der Waals surface area contributed by atoms with Gasteiger partial charge in [0.15, 0.2) is 0 Å². The summed E-state index contributed by atoms with van der Waals surface area (Å²) < 4.78 is 2.49. The Morgan fingerprint density at radius 3 is 2.11 bits per heavy atom. The van der Waals surface area contributed by atoms with Gasteiger partial charge in [-0.2, -0.15) is 0 Å². The number of rotatable bonds is 6. The third-order valence-corrected chi connectivity index (χ3v) is 13.5. The van der Waals surface area contributed by atoms with Crippen LogP contribution < -0.4 is 26.4 Å². The number of hydrogen-bond acceptors (Lipinski definition) is 3. The maximum Gasteiger partial charge on any atom is 0.0883 e. The maximum atomic E-state index is 6.87. The van der Waals surface area contributed by atoms with Gasteiger partial charge in [0.2, 0.25) is 0 Å². The predicted octanol–water partition coefficient (Wildman–Crippen LogP) is 10.7. The van der Waals surface area contributed by atoms with Crippen LogP contribution in [0.1, 0.15) is 18.1 Å². The highest BCUT2D eigenvalue weighted by Gasteiger charge is 2.49. The highest BCUT2D eigenvalue weighted by molar-refractivity contribution is 6.20. The van der Waals surface area contributed by atoms with E-state index in [1.54, 1.807) is 0 Å². The molecular formula is C57H44N4. The molecule has 3 unspecified atom stereocenters. The fraction of sp³-hybridized carbons (Fsp3) is 0.0877. The Bertz CT molecular complexity index is 3380. The molecule has 0 saturated carbocycles. The van der Waals surface area contributed by atoms with Crippen LogP contribution in [0.2, 0.25) is 0 Å². The average molecular weight is 785 g/mol. The number of nitrogens with zero attached hydrogens (tertiary/aromatic N) is 2. The van der Waals surface area contributed by atoms with E-state index in [1.165, 1.54) is 76.5 Å². The molecule has 12 rings (SSSR count). The van der Waals surface area contributed by atoms with E-state index in [2.05, 4.69) is 222 Å². The van der Waals surface area contributed by atoms with Crippen LogP contribution in [-0.2, 0) is 0 Å². The molecule has 0 radical (unpaired) electrons. The number of aromatic nitrogens is 1. The molecule has 2 heterocycles. The molecule has 1 aromatic heterocycles. The Kier molecular flexibility index (Phi) is 8.06. The molecule has 4 aliphatic rings. The lowest BCUT2D eigenvalue weighted by Crippen LogP contribution is -2.54. The summed E-state index contributed by atoms with van der Waals surface area (Å²) in [4.78, 5) is 2.62. The number of nitrogens with one attached hydrogen (secondary N) is 1. The van der Waals surface area contributed by atoms with Gasteiger partial charge in [0.1, 0.15) is 0 Å². The molecule has 292 valence electrons. The zero-order valence-corrected chi connectivity index (χ0v) is 34.0. The smallest absolute Gasteiger partial charge is 0.0883 e. The summed E-state index contributed by atoms with van der Waals surface area (Å²) in [6, 6.07) is 57.2. The lowest BCUT2D eigenvalue weighted by atomic mass is 9.66. The number of hydrogen-bond donors (Lipinski definition) is 2. The van der Waals surface area contributed by atoms with Crippen LogP contribution in [0, 0.1) is 5.41 Å². The molecule has 0 fully saturated rings. The van der Waals surface area contributed by atoms with Gasteiger partial charge >= 0.3 is 0 Å². The maximum absolute atomic E-state index is 6.87. The van der Waals surface area contributed by atoms with Crippen molar-refractivity contribution in [3.63, 3.8) is 0 Å². The van der Waals surface area contributed by atoms with E-state index in [1.807, 2.05) is 6.08 Å². The molecule has 3 N–H and O–H groups in total. The number of para-hydroxylation sites is 3. The Labute approximate surface area is 355 Å². The van der Waals surface area contributed by atoms with Crippen molar-refractivity contribution in [2.75, 3.05) is 11.6 Å². The molecular weight excluding hydrogens is 741 g/mol. The van der Waals surface area contributed by atoms with Gasteiger partial charge in [0.05, 0.1) is 29.8 Å². The summed E-state index contributed by atoms with van der Waals surface area (Å²) in [6.45, 7) is 3.04. The van der Waals surface area contributed by atoms with Crippen molar-refractivity contribution in [1.29, 1.82) is 0 Å². The van der Waals surface area contributed by atoms with Gasteiger partial charge in [-0.25, -0.2) is 0 Å². The summed E-state index contributed by atoms with van der Waals surface area (Å²) in [6.07, 6.45) is 17.7. The van der Waals surface area contributed by atoms with Crippen molar-refractivity contribution >= 4 is 55.1 Å². The Morgan fingerprint density at radius 2 is 1.31 bits per heavy atom. The van der Waals surface area contributed by atoms with E-state index in [0.29, 0.717) is 6.67 Å². The quantitative estimate of drug-likeness (QED) is 0.177. The second-order valence-electron chi connectivity index (χ2n) is 16.8. The molecule has 0 saturated heterocycles. The van der Waals surface area contributed by atoms with Gasteiger partial charge in [-0.15, -0.1) is 0 Å². The van der Waals surface area contributed by atoms with E-state index in [-0.39, 0.29) is 17.5 Å². The number of anilines is 1. The average Bonchev–Trinajstić information content (AvgIpc) is 3.84. The van der Waals surface area contributed by atoms with Crippen molar-refractivity contribution in [2.24, 2.45) is 11.1 Å². The second-order valence-corrected chi connectivity index (χ2v) is 16.8. The zero-order valence-electron chi connectivity index (χ0n) is 34.0. The number of benzene rings is 7. The second kappa shape index (κ2) is 13.8. The van der Waals surface area contributed by atoms with Gasteiger partial charge in [-0.05, 0) is 80.4 Å². The van der Waals surface area contributed by atoms with Gasteiger partial charge in [0, 0.05) is 44.2 Å². The molecule has 0 bridgehead atoms. The van der Waals surface area contributed by atoms with Crippen LogP contribution in [-0.4, -0.2) is 23.3 Å². The first kappa shape index (κ1) is 35.5. The van der Waals surface area contributed by atoms with Crippen LogP contribution in [0.3, 0.4) is 0 Å². The molecule has 4 heteroatoms. The minimum absolute atomic E-state index is 0.00611. The first-order valence-electron chi connectivity index (χ1n) is 21.3. The molecule has 61 heavy (non-hydrogen) atoms. The van der Waals surface area contributed by atoms with E-state index >= 15 is 0 Å². The summed E-state index contributed by atoms with van der Waals surface area (Å²) in [5.41, 5.74) is 21.0. The van der Waals surface area contributed by atoms with E-state index in [0.717, 1.165) is 22.5 Å². The molecule has 8 aromatic rings. The monoisotopic (exact) mass is 784 g/mol. The highest BCUT2D eigenvalue weighted by Crippen LogP contribution is 2.53. The van der Waals surface area contributed by atoms with Gasteiger partial charge in [0.25, 0.3) is 0 Å². The third-order valence-electron chi connectivity index (χ3n) is 13.5. The van der Waals surface area contributed by atoms with Crippen molar-refractivity contribution in [3.05, 3.63) is 233 Å². The van der Waals surface area contributed by atoms with Gasteiger partial charge in [-0.1, -0.05) is 182 Å². The minimum atomic E-state index is -0.363. The normalized spacial score (nSPS) is 20.6. The molecule has 3 atom stereocenters. The van der Waals surface area contributed by atoms with Crippen LogP contribution in [0.5, 0.6) is 0 Å². The summed E-state index contributed by atoms with van der Waals surface area (Å²) >= 11 is 0. The van der Waals surface area contributed by atoms with Gasteiger partial charge in [-0.3, -0.25) is 0 Å². The van der Waals surface area contributed by atoms with Crippen molar-refractivity contribution in [1.82, 2.24) is 9.88 Å². The van der Waals surface area contributed by atoms with Gasteiger partial charge < -0.3 is 20.5 Å². The lowest BCUT2D eigenvalue weighted by molar-refractivity contribution is 0.475. The molecule has 7 aromatic carbocycles. The number of nitrogens with two attached hydrogens (primary N) is 1. The van der Waals surface area contributed by atoms with Crippen LogP contribution in [0.25, 0.3) is 66.2 Å². The fourth-order valence-corrected chi connectivity index (χ4v) is 10.8. The topological polar surface area (TPSA) is 46.2 Å². The van der Waals surface area contributed by atoms with Crippen LogP contribution in [0.15, 0.2) is 212 Å². The van der Waals surface area contributed by atoms with Crippen LogP contribution >= 0.6 is 0 Å². The first-order valence-corrected chi connectivity index (χ1v) is 21.3. The third kappa shape index (κ3) is 5.29. The Hall–Kier alpha value is -7.40. The zero-order chi connectivity index (χ0) is 40.7. The van der Waals surface area contributed by atoms with E-state index in [9.17, 15) is 0 Å². The fourth-order valence-electron chi connectivity index (χ4n) is 10.8. The Morgan fingerprint density at radius 1 is 0.639 bits per heavy atom. The van der Waals surface area contributed by atoms with Crippen LogP contribution in [0.4, 0.5) is 5.69 Å². The standard InChI is InChI=1S/C57H44N4/c1-57-35-17-16-27-46(57)53-50(41-22-8-9-23-42(41)55-51(53)45-26-12-15-30-49(45)61(55)40-20-6-3-7-21-40)52-44-25-11-14-29-48(44)60(56(52)57)36-59-54(43-24-10-13-28-47(43)58)39-33-31-38(32-34-39)37-18-4-2-5-19-37/h2-35,47,56,59H,36,58H2,1H3/b54-43-. The summed E-state index contributed by atoms with van der Waals surface area (Å²) in [5.74, 6) is 0. The number of fused-ring (bicyclic) bond motifs is 13. The highest BCUT2D eigenvalue weighted by atomic mass is 15.3. The van der Waals surface area contributed by atoms with Crippen molar-refractivity contribution in [2.45, 2.75) is 19.0 Å².